The third-order valence-electron chi connectivity index (χ3n) is 3.60. The second-order valence-electron chi connectivity index (χ2n) is 6.74. The van der Waals surface area contributed by atoms with E-state index in [1.165, 1.54) is 0 Å². The van der Waals surface area contributed by atoms with Crippen molar-refractivity contribution >= 4 is 40.7 Å². The van der Waals surface area contributed by atoms with E-state index in [4.69, 9.17) is 33.7 Å². The maximum Gasteiger partial charge on any atom is 0.410 e. The summed E-state index contributed by atoms with van der Waals surface area (Å²) in [5.74, 6) is 0. The van der Waals surface area contributed by atoms with Crippen LogP contribution >= 0.6 is 23.2 Å². The lowest BCUT2D eigenvalue weighted by atomic mass is 10.0. The van der Waals surface area contributed by atoms with Gasteiger partial charge in [-0.05, 0) is 45.7 Å². The van der Waals surface area contributed by atoms with Gasteiger partial charge < -0.3 is 20.7 Å². The van der Waals surface area contributed by atoms with Crippen LogP contribution in [0, 0.1) is 0 Å². The first-order valence-corrected chi connectivity index (χ1v) is 8.40. The van der Waals surface area contributed by atoms with Gasteiger partial charge in [0.1, 0.15) is 5.60 Å². The predicted octanol–water partition coefficient (Wildman–Crippen LogP) is 4.39. The quantitative estimate of drug-likeness (QED) is 0.768. The number of hydrogen-bond acceptors (Lipinski definition) is 4. The van der Waals surface area contributed by atoms with Crippen molar-refractivity contribution in [3.8, 4) is 0 Å². The molecule has 7 heteroatoms. The van der Waals surface area contributed by atoms with Crippen molar-refractivity contribution in [1.82, 2.24) is 4.90 Å². The molecule has 1 heterocycles. The fourth-order valence-electron chi connectivity index (χ4n) is 2.44. The van der Waals surface area contributed by atoms with Gasteiger partial charge in [-0.2, -0.15) is 0 Å². The molecule has 0 atom stereocenters. The predicted molar refractivity (Wildman–Crippen MR) is 95.3 cm³/mol. The van der Waals surface area contributed by atoms with E-state index < -0.39 is 5.60 Å². The molecule has 128 valence electrons. The highest BCUT2D eigenvalue weighted by molar-refractivity contribution is 6.42. The first-order valence-electron chi connectivity index (χ1n) is 7.64. The molecule has 1 aromatic rings. The van der Waals surface area contributed by atoms with Gasteiger partial charge in [0, 0.05) is 19.1 Å². The van der Waals surface area contributed by atoms with E-state index in [1.807, 2.05) is 20.8 Å². The fraction of sp³-hybridized carbons (Fsp3) is 0.562. The number of nitrogens with two attached hydrogens (primary N) is 1. The van der Waals surface area contributed by atoms with Gasteiger partial charge >= 0.3 is 6.09 Å². The van der Waals surface area contributed by atoms with Gasteiger partial charge in [-0.25, -0.2) is 4.79 Å². The second-order valence-corrected chi connectivity index (χ2v) is 7.55. The molecule has 1 saturated heterocycles. The Kier molecular flexibility index (Phi) is 5.53. The van der Waals surface area contributed by atoms with E-state index in [-0.39, 0.29) is 12.1 Å². The molecule has 3 N–H and O–H groups in total. The third-order valence-corrected chi connectivity index (χ3v) is 4.32. The van der Waals surface area contributed by atoms with Crippen molar-refractivity contribution in [3.63, 3.8) is 0 Å². The summed E-state index contributed by atoms with van der Waals surface area (Å²) in [5.41, 5.74) is 6.83. The molecular weight excluding hydrogens is 337 g/mol. The van der Waals surface area contributed by atoms with Crippen LogP contribution in [-0.2, 0) is 4.74 Å². The minimum atomic E-state index is -0.472. The molecule has 1 fully saturated rings. The Morgan fingerprint density at radius 3 is 2.39 bits per heavy atom. The first kappa shape index (κ1) is 18.0. The van der Waals surface area contributed by atoms with Crippen LogP contribution in [-0.4, -0.2) is 35.7 Å². The number of benzene rings is 1. The summed E-state index contributed by atoms with van der Waals surface area (Å²) < 4.78 is 5.39. The molecule has 0 saturated carbocycles. The number of ether oxygens (including phenoxy) is 1. The number of halogens is 2. The van der Waals surface area contributed by atoms with Gasteiger partial charge in [0.2, 0.25) is 0 Å². The van der Waals surface area contributed by atoms with E-state index in [0.29, 0.717) is 28.8 Å². The summed E-state index contributed by atoms with van der Waals surface area (Å²) in [5, 5.41) is 4.28. The van der Waals surface area contributed by atoms with E-state index in [0.717, 1.165) is 18.5 Å². The molecule has 1 amide bonds. The number of rotatable bonds is 2. The molecule has 0 unspecified atom stereocenters. The number of likely N-dealkylation sites (tertiary alicyclic amines) is 1. The van der Waals surface area contributed by atoms with Crippen LogP contribution in [0.2, 0.25) is 10.0 Å². The Labute approximate surface area is 147 Å². The minimum absolute atomic E-state index is 0.230. The standard InChI is InChI=1S/C16H23Cl2N3O2/c1-16(2,3)23-15(22)21-6-4-10(5-7-21)20-14-9-12(18)11(17)8-13(14)19/h8-10,20H,4-7,19H2,1-3H3. The van der Waals surface area contributed by atoms with Crippen LogP contribution in [0.5, 0.6) is 0 Å². The van der Waals surface area contributed by atoms with E-state index in [1.54, 1.807) is 17.0 Å². The highest BCUT2D eigenvalue weighted by atomic mass is 35.5. The molecular formula is C16H23Cl2N3O2. The number of amides is 1. The number of carbonyl (C=O) groups is 1. The van der Waals surface area contributed by atoms with Crippen LogP contribution < -0.4 is 11.1 Å². The van der Waals surface area contributed by atoms with Crippen molar-refractivity contribution in [2.75, 3.05) is 24.1 Å². The molecule has 5 nitrogen and oxygen atoms in total. The molecule has 1 aromatic carbocycles. The zero-order valence-electron chi connectivity index (χ0n) is 13.7. The lowest BCUT2D eigenvalue weighted by Gasteiger charge is -2.34. The number of nitrogens with one attached hydrogen (secondary N) is 1. The Morgan fingerprint density at radius 1 is 1.26 bits per heavy atom. The number of hydrogen-bond donors (Lipinski definition) is 2. The zero-order valence-corrected chi connectivity index (χ0v) is 15.2. The molecule has 1 aliphatic heterocycles. The lowest BCUT2D eigenvalue weighted by molar-refractivity contribution is 0.0210. The highest BCUT2D eigenvalue weighted by Gasteiger charge is 2.27. The molecule has 2 rings (SSSR count). The van der Waals surface area contributed by atoms with Gasteiger partial charge in [-0.15, -0.1) is 0 Å². The topological polar surface area (TPSA) is 67.6 Å². The molecule has 1 aliphatic rings. The molecule has 0 bridgehead atoms. The summed E-state index contributed by atoms with van der Waals surface area (Å²) in [7, 11) is 0. The lowest BCUT2D eigenvalue weighted by Crippen LogP contribution is -2.44. The SMILES string of the molecule is CC(C)(C)OC(=O)N1CCC(Nc2cc(Cl)c(Cl)cc2N)CC1. The molecule has 0 spiro atoms. The summed E-state index contributed by atoms with van der Waals surface area (Å²) in [6.07, 6.45) is 1.38. The summed E-state index contributed by atoms with van der Waals surface area (Å²) in [6, 6.07) is 3.61. The minimum Gasteiger partial charge on any atom is -0.444 e. The van der Waals surface area contributed by atoms with Crippen molar-refractivity contribution < 1.29 is 9.53 Å². The molecule has 0 aromatic heterocycles. The zero-order chi connectivity index (χ0) is 17.2. The Hall–Kier alpha value is -1.33. The average Bonchev–Trinajstić information content (AvgIpc) is 2.43. The van der Waals surface area contributed by atoms with Gasteiger partial charge in [0.25, 0.3) is 0 Å². The van der Waals surface area contributed by atoms with Crippen molar-refractivity contribution in [2.24, 2.45) is 0 Å². The van der Waals surface area contributed by atoms with Crippen LogP contribution in [0.25, 0.3) is 0 Å². The molecule has 0 radical (unpaired) electrons. The highest BCUT2D eigenvalue weighted by Crippen LogP contribution is 2.32. The number of carbonyl (C=O) groups excluding carboxylic acids is 1. The van der Waals surface area contributed by atoms with E-state index in [9.17, 15) is 4.79 Å². The summed E-state index contributed by atoms with van der Waals surface area (Å²) >= 11 is 12.0. The Balaban J connectivity index is 1.90. The maximum absolute atomic E-state index is 12.0. The second kappa shape index (κ2) is 7.05. The number of anilines is 2. The molecule has 0 aliphatic carbocycles. The summed E-state index contributed by atoms with van der Waals surface area (Å²) in [6.45, 7) is 6.90. The van der Waals surface area contributed by atoms with E-state index >= 15 is 0 Å². The summed E-state index contributed by atoms with van der Waals surface area (Å²) in [4.78, 5) is 13.8. The van der Waals surface area contributed by atoms with Gasteiger partial charge in [0.15, 0.2) is 0 Å². The van der Waals surface area contributed by atoms with Gasteiger partial charge in [-0.1, -0.05) is 23.2 Å². The first-order chi connectivity index (χ1) is 10.7. The fourth-order valence-corrected chi connectivity index (χ4v) is 2.78. The smallest absolute Gasteiger partial charge is 0.410 e. The van der Waals surface area contributed by atoms with Crippen LogP contribution in [0.3, 0.4) is 0 Å². The average molecular weight is 360 g/mol. The Bertz CT molecular complexity index is 579. The maximum atomic E-state index is 12.0. The van der Waals surface area contributed by atoms with Crippen LogP contribution in [0.1, 0.15) is 33.6 Å². The van der Waals surface area contributed by atoms with Gasteiger partial charge in [0.05, 0.1) is 21.4 Å². The normalized spacial score (nSPS) is 16.3. The number of nitrogens with zero attached hydrogens (tertiary/aromatic N) is 1. The number of nitrogen functional groups attached to an aromatic ring is 1. The molecule has 23 heavy (non-hydrogen) atoms. The van der Waals surface area contributed by atoms with Crippen molar-refractivity contribution in [1.29, 1.82) is 0 Å². The van der Waals surface area contributed by atoms with E-state index in [2.05, 4.69) is 5.32 Å². The number of piperidine rings is 1. The van der Waals surface area contributed by atoms with Crippen molar-refractivity contribution in [3.05, 3.63) is 22.2 Å². The Morgan fingerprint density at radius 2 is 1.83 bits per heavy atom. The largest absolute Gasteiger partial charge is 0.444 e. The van der Waals surface area contributed by atoms with Gasteiger partial charge in [-0.3, -0.25) is 0 Å². The van der Waals surface area contributed by atoms with Crippen LogP contribution in [0.4, 0.5) is 16.2 Å². The van der Waals surface area contributed by atoms with Crippen LogP contribution in [0.15, 0.2) is 12.1 Å². The monoisotopic (exact) mass is 359 g/mol. The van der Waals surface area contributed by atoms with Crippen molar-refractivity contribution in [2.45, 2.75) is 45.3 Å². The third kappa shape index (κ3) is 5.08.